The Balaban J connectivity index is 1.99. The minimum Gasteiger partial charge on any atom is -0.467 e. The van der Waals surface area contributed by atoms with Gasteiger partial charge in [0, 0.05) is 16.5 Å². The Morgan fingerprint density at radius 3 is 2.69 bits per heavy atom. The third kappa shape index (κ3) is 3.81. The van der Waals surface area contributed by atoms with Crippen molar-refractivity contribution < 1.29 is 9.21 Å². The molecule has 0 spiro atoms. The smallest absolute Gasteiger partial charge is 0.260 e. The van der Waals surface area contributed by atoms with Crippen molar-refractivity contribution in [2.75, 3.05) is 5.32 Å². The highest BCUT2D eigenvalue weighted by atomic mass is 35.5. The van der Waals surface area contributed by atoms with Crippen molar-refractivity contribution in [2.45, 2.75) is 32.7 Å². The van der Waals surface area contributed by atoms with E-state index < -0.39 is 0 Å². The molecule has 0 aliphatic rings. The van der Waals surface area contributed by atoms with Crippen LogP contribution in [0.25, 0.3) is 5.69 Å². The zero-order valence-electron chi connectivity index (χ0n) is 14.9. The number of benzene rings is 1. The maximum atomic E-state index is 12.6. The quantitative estimate of drug-likeness (QED) is 0.721. The highest BCUT2D eigenvalue weighted by Crippen LogP contribution is 2.27. The molecule has 0 aliphatic heterocycles. The van der Waals surface area contributed by atoms with Crippen LogP contribution in [0.1, 0.15) is 42.6 Å². The van der Waals surface area contributed by atoms with E-state index in [9.17, 15) is 4.79 Å². The molecule has 0 saturated heterocycles. The minimum atomic E-state index is -0.294. The molecule has 3 rings (SSSR count). The van der Waals surface area contributed by atoms with Gasteiger partial charge in [0.1, 0.15) is 17.8 Å². The lowest BCUT2D eigenvalue weighted by molar-refractivity contribution is 0.102. The van der Waals surface area contributed by atoms with E-state index in [1.807, 2.05) is 18.2 Å². The van der Waals surface area contributed by atoms with Crippen molar-refractivity contribution in [3.63, 3.8) is 0 Å². The number of hydrogen-bond acceptors (Lipinski definition) is 4. The van der Waals surface area contributed by atoms with Gasteiger partial charge in [-0.3, -0.25) is 4.79 Å². The van der Waals surface area contributed by atoms with E-state index in [1.54, 1.807) is 22.9 Å². The van der Waals surface area contributed by atoms with Gasteiger partial charge in [-0.15, -0.1) is 0 Å². The molecule has 1 amide bonds. The molecule has 0 aliphatic carbocycles. The van der Waals surface area contributed by atoms with Gasteiger partial charge in [-0.1, -0.05) is 38.4 Å². The van der Waals surface area contributed by atoms with Crippen LogP contribution in [0, 0.1) is 0 Å². The van der Waals surface area contributed by atoms with E-state index in [0.717, 1.165) is 11.4 Å². The number of aromatic nitrogens is 2. The van der Waals surface area contributed by atoms with E-state index in [-0.39, 0.29) is 17.9 Å². The second kappa shape index (κ2) is 6.97. The van der Waals surface area contributed by atoms with E-state index in [4.69, 9.17) is 21.8 Å². The van der Waals surface area contributed by atoms with Gasteiger partial charge >= 0.3 is 0 Å². The molecular weight excluding hydrogens is 352 g/mol. The minimum absolute atomic E-state index is 0.175. The fourth-order valence-corrected chi connectivity index (χ4v) is 2.62. The van der Waals surface area contributed by atoms with Crippen LogP contribution in [0.2, 0.25) is 5.02 Å². The number of anilines is 1. The predicted molar refractivity (Wildman–Crippen MR) is 102 cm³/mol. The summed E-state index contributed by atoms with van der Waals surface area (Å²) in [5, 5.41) is 8.15. The number of furan rings is 1. The number of nitrogens with zero attached hydrogens (tertiary/aromatic N) is 2. The summed E-state index contributed by atoms with van der Waals surface area (Å²) < 4.78 is 6.91. The maximum absolute atomic E-state index is 12.6. The van der Waals surface area contributed by atoms with Gasteiger partial charge in [-0.05, 0) is 24.3 Å². The number of nitrogens with one attached hydrogen (secondary N) is 1. The summed E-state index contributed by atoms with van der Waals surface area (Å²) in [6.45, 7) is 6.43. The summed E-state index contributed by atoms with van der Waals surface area (Å²) in [7, 11) is 0. The molecule has 0 bridgehead atoms. The summed E-state index contributed by atoms with van der Waals surface area (Å²) in [4.78, 5) is 12.6. The van der Waals surface area contributed by atoms with Crippen molar-refractivity contribution in [1.29, 1.82) is 0 Å². The van der Waals surface area contributed by atoms with Crippen molar-refractivity contribution >= 4 is 23.3 Å². The second-order valence-electron chi connectivity index (χ2n) is 7.02. The largest absolute Gasteiger partial charge is 0.467 e. The molecule has 0 atom stereocenters. The van der Waals surface area contributed by atoms with Crippen molar-refractivity contribution in [1.82, 2.24) is 9.78 Å². The molecule has 2 heterocycles. The fraction of sp³-hybridized carbons (Fsp3) is 0.263. The predicted octanol–water partition coefficient (Wildman–Crippen LogP) is 4.13. The van der Waals surface area contributed by atoms with Gasteiger partial charge in [0.15, 0.2) is 0 Å². The molecule has 0 saturated carbocycles. The Hall–Kier alpha value is -2.57. The zero-order valence-corrected chi connectivity index (χ0v) is 15.7. The molecule has 3 N–H and O–H groups in total. The zero-order chi connectivity index (χ0) is 18.9. The fourth-order valence-electron chi connectivity index (χ4n) is 2.44. The van der Waals surface area contributed by atoms with Gasteiger partial charge in [0.05, 0.1) is 23.5 Å². The topological polar surface area (TPSA) is 86.1 Å². The first-order valence-electron chi connectivity index (χ1n) is 8.23. The number of rotatable bonds is 4. The summed E-state index contributed by atoms with van der Waals surface area (Å²) in [5.74, 6) is 0.809. The van der Waals surface area contributed by atoms with Crippen LogP contribution in [-0.4, -0.2) is 15.7 Å². The first kappa shape index (κ1) is 18.2. The standard InChI is InChI=1S/C19H21ClN4O2/c1-19(2,3)16-9-17(22-18(25)12-7-15(10-21)26-11-12)24(23-16)14-6-4-5-13(20)8-14/h4-9,11H,10,21H2,1-3H3,(H,22,25). The Morgan fingerprint density at radius 2 is 2.08 bits per heavy atom. The van der Waals surface area contributed by atoms with Gasteiger partial charge in [0.25, 0.3) is 5.91 Å². The summed E-state index contributed by atoms with van der Waals surface area (Å²) in [5.41, 5.74) is 7.37. The maximum Gasteiger partial charge on any atom is 0.260 e. The first-order chi connectivity index (χ1) is 12.3. The number of carbonyl (C=O) groups is 1. The van der Waals surface area contributed by atoms with E-state index in [1.165, 1.54) is 6.26 Å². The van der Waals surface area contributed by atoms with Gasteiger partial charge in [0.2, 0.25) is 0 Å². The van der Waals surface area contributed by atoms with E-state index >= 15 is 0 Å². The van der Waals surface area contributed by atoms with Gasteiger partial charge < -0.3 is 15.5 Å². The molecule has 0 unspecified atom stereocenters. The highest BCUT2D eigenvalue weighted by molar-refractivity contribution is 6.30. The normalized spacial score (nSPS) is 11.6. The van der Waals surface area contributed by atoms with Gasteiger partial charge in [-0.2, -0.15) is 5.10 Å². The average molecular weight is 373 g/mol. The van der Waals surface area contributed by atoms with E-state index in [0.29, 0.717) is 22.2 Å². The molecule has 2 aromatic heterocycles. The van der Waals surface area contributed by atoms with Crippen LogP contribution in [0.3, 0.4) is 0 Å². The Labute approximate surface area is 156 Å². The van der Waals surface area contributed by atoms with Gasteiger partial charge in [-0.25, -0.2) is 4.68 Å². The third-order valence-electron chi connectivity index (χ3n) is 3.89. The lowest BCUT2D eigenvalue weighted by atomic mass is 9.92. The van der Waals surface area contributed by atoms with Crippen molar-refractivity contribution in [2.24, 2.45) is 5.73 Å². The number of halogens is 1. The molecule has 0 radical (unpaired) electrons. The molecule has 136 valence electrons. The molecule has 0 fully saturated rings. The van der Waals surface area contributed by atoms with Crippen LogP contribution in [0.15, 0.2) is 47.1 Å². The Morgan fingerprint density at radius 1 is 1.31 bits per heavy atom. The second-order valence-corrected chi connectivity index (χ2v) is 7.45. The highest BCUT2D eigenvalue weighted by Gasteiger charge is 2.22. The summed E-state index contributed by atoms with van der Waals surface area (Å²) >= 11 is 6.11. The third-order valence-corrected chi connectivity index (χ3v) is 4.12. The number of carbonyl (C=O) groups excluding carboxylic acids is 1. The Kier molecular flexibility index (Phi) is 4.89. The van der Waals surface area contributed by atoms with Crippen LogP contribution in [0.5, 0.6) is 0 Å². The number of hydrogen-bond donors (Lipinski definition) is 2. The van der Waals surface area contributed by atoms with Crippen LogP contribution < -0.4 is 11.1 Å². The average Bonchev–Trinajstić information content (AvgIpc) is 3.21. The molecule has 1 aromatic carbocycles. The first-order valence-corrected chi connectivity index (χ1v) is 8.61. The SMILES string of the molecule is CC(C)(C)c1cc(NC(=O)c2coc(CN)c2)n(-c2cccc(Cl)c2)n1. The molecular formula is C19H21ClN4O2. The lowest BCUT2D eigenvalue weighted by Crippen LogP contribution is -2.14. The van der Waals surface area contributed by atoms with Crippen LogP contribution in [0.4, 0.5) is 5.82 Å². The summed E-state index contributed by atoms with van der Waals surface area (Å²) in [6.07, 6.45) is 1.39. The monoisotopic (exact) mass is 372 g/mol. The van der Waals surface area contributed by atoms with Crippen molar-refractivity contribution in [3.8, 4) is 5.69 Å². The van der Waals surface area contributed by atoms with Crippen LogP contribution >= 0.6 is 11.6 Å². The summed E-state index contributed by atoms with van der Waals surface area (Å²) in [6, 6.07) is 10.8. The van der Waals surface area contributed by atoms with E-state index in [2.05, 4.69) is 31.2 Å². The number of nitrogens with two attached hydrogens (primary N) is 1. The number of amides is 1. The molecule has 3 aromatic rings. The Bertz CT molecular complexity index is 937. The van der Waals surface area contributed by atoms with Crippen molar-refractivity contribution in [3.05, 3.63) is 64.7 Å². The lowest BCUT2D eigenvalue weighted by Gasteiger charge is -2.14. The van der Waals surface area contributed by atoms with Crippen LogP contribution in [-0.2, 0) is 12.0 Å². The molecule has 6 nitrogen and oxygen atoms in total. The molecule has 7 heteroatoms. The molecule has 26 heavy (non-hydrogen) atoms.